The molecule has 0 aliphatic rings. The number of benzene rings is 3. The molecule has 0 aromatic heterocycles. The van der Waals surface area contributed by atoms with Gasteiger partial charge in [0, 0.05) is 12.7 Å². The highest BCUT2D eigenvalue weighted by Crippen LogP contribution is 2.27. The molecule has 0 bridgehead atoms. The monoisotopic (exact) mass is 320 g/mol. The van der Waals surface area contributed by atoms with Crippen molar-refractivity contribution in [2.75, 3.05) is 12.4 Å². The minimum absolute atomic E-state index is 0.210. The van der Waals surface area contributed by atoms with Gasteiger partial charge in [-0.05, 0) is 35.0 Å². The molecular weight excluding hydrogens is 304 g/mol. The van der Waals surface area contributed by atoms with E-state index < -0.39 is 6.09 Å². The second-order valence-electron chi connectivity index (χ2n) is 5.16. The maximum atomic E-state index is 12.6. The Morgan fingerprint density at radius 1 is 0.875 bits per heavy atom. The van der Waals surface area contributed by atoms with Crippen LogP contribution in [0, 0.1) is 0 Å². The summed E-state index contributed by atoms with van der Waals surface area (Å²) in [5.41, 5.74) is 0.961. The fourth-order valence-corrected chi connectivity index (χ4v) is 2.35. The number of carbonyl (C=O) groups is 2. The van der Waals surface area contributed by atoms with E-state index in [9.17, 15) is 9.59 Å². The van der Waals surface area contributed by atoms with E-state index in [2.05, 4.69) is 10.6 Å². The Morgan fingerprint density at radius 2 is 1.50 bits per heavy atom. The third kappa shape index (κ3) is 3.35. The molecule has 0 unspecified atom stereocenters. The van der Waals surface area contributed by atoms with E-state index in [1.807, 2.05) is 42.5 Å². The van der Waals surface area contributed by atoms with Crippen LogP contribution in [0.3, 0.4) is 0 Å². The molecule has 120 valence electrons. The maximum Gasteiger partial charge on any atom is 0.412 e. The van der Waals surface area contributed by atoms with Gasteiger partial charge in [0.15, 0.2) is 0 Å². The first-order chi connectivity index (χ1) is 11.7. The Bertz CT molecular complexity index is 892. The van der Waals surface area contributed by atoms with Gasteiger partial charge < -0.3 is 15.4 Å². The SMILES string of the molecule is CNC(=O)Oc1cc2ccccc2cc1C(=O)Nc1ccccc1. The first-order valence-corrected chi connectivity index (χ1v) is 7.46. The fraction of sp³-hybridized carbons (Fsp3) is 0.0526. The van der Waals surface area contributed by atoms with E-state index >= 15 is 0 Å². The van der Waals surface area contributed by atoms with Gasteiger partial charge in [0.2, 0.25) is 0 Å². The predicted octanol–water partition coefficient (Wildman–Crippen LogP) is 3.81. The van der Waals surface area contributed by atoms with Crippen LogP contribution < -0.4 is 15.4 Å². The van der Waals surface area contributed by atoms with E-state index in [1.54, 1.807) is 24.3 Å². The van der Waals surface area contributed by atoms with Crippen molar-refractivity contribution in [3.63, 3.8) is 0 Å². The summed E-state index contributed by atoms with van der Waals surface area (Å²) in [7, 11) is 1.47. The van der Waals surface area contributed by atoms with Crippen LogP contribution in [-0.2, 0) is 0 Å². The molecule has 0 radical (unpaired) electrons. The molecule has 0 fully saturated rings. The van der Waals surface area contributed by atoms with Crippen molar-refractivity contribution in [2.24, 2.45) is 0 Å². The van der Waals surface area contributed by atoms with Crippen molar-refractivity contribution in [3.05, 3.63) is 72.3 Å². The third-order valence-electron chi connectivity index (χ3n) is 3.53. The Balaban J connectivity index is 2.01. The van der Waals surface area contributed by atoms with Gasteiger partial charge in [-0.15, -0.1) is 0 Å². The number of ether oxygens (including phenoxy) is 1. The second-order valence-corrected chi connectivity index (χ2v) is 5.16. The van der Waals surface area contributed by atoms with Gasteiger partial charge in [0.05, 0.1) is 5.56 Å². The average molecular weight is 320 g/mol. The summed E-state index contributed by atoms with van der Waals surface area (Å²) < 4.78 is 5.25. The lowest BCUT2D eigenvalue weighted by atomic mass is 10.1. The van der Waals surface area contributed by atoms with Crippen molar-refractivity contribution in [1.29, 1.82) is 0 Å². The van der Waals surface area contributed by atoms with Crippen LogP contribution in [0.4, 0.5) is 10.5 Å². The highest BCUT2D eigenvalue weighted by molar-refractivity contribution is 6.09. The smallest absolute Gasteiger partial charge is 0.409 e. The van der Waals surface area contributed by atoms with Gasteiger partial charge in [0.25, 0.3) is 5.91 Å². The van der Waals surface area contributed by atoms with Gasteiger partial charge in [-0.25, -0.2) is 4.79 Å². The van der Waals surface area contributed by atoms with Gasteiger partial charge >= 0.3 is 6.09 Å². The molecule has 0 atom stereocenters. The highest BCUT2D eigenvalue weighted by Gasteiger charge is 2.16. The number of hydrogen-bond donors (Lipinski definition) is 2. The molecule has 0 spiro atoms. The largest absolute Gasteiger partial charge is 0.412 e. The lowest BCUT2D eigenvalue weighted by molar-refractivity contribution is 0.102. The van der Waals surface area contributed by atoms with E-state index in [0.29, 0.717) is 11.3 Å². The Hall–Kier alpha value is -3.34. The predicted molar refractivity (Wildman–Crippen MR) is 93.4 cm³/mol. The van der Waals surface area contributed by atoms with Crippen LogP contribution in [0.2, 0.25) is 0 Å². The lowest BCUT2D eigenvalue weighted by Gasteiger charge is -2.12. The summed E-state index contributed by atoms with van der Waals surface area (Å²) in [5.74, 6) is -0.132. The van der Waals surface area contributed by atoms with Crippen LogP contribution in [0.5, 0.6) is 5.75 Å². The number of fused-ring (bicyclic) bond motifs is 1. The van der Waals surface area contributed by atoms with Crippen molar-refractivity contribution >= 4 is 28.5 Å². The van der Waals surface area contributed by atoms with Gasteiger partial charge in [-0.3, -0.25) is 4.79 Å². The first-order valence-electron chi connectivity index (χ1n) is 7.46. The van der Waals surface area contributed by atoms with Crippen molar-refractivity contribution in [3.8, 4) is 5.75 Å². The average Bonchev–Trinajstić information content (AvgIpc) is 2.61. The molecule has 0 aliphatic heterocycles. The molecule has 5 heteroatoms. The molecule has 2 amide bonds. The van der Waals surface area contributed by atoms with Crippen LogP contribution >= 0.6 is 0 Å². The Labute approximate surface area is 139 Å². The minimum Gasteiger partial charge on any atom is -0.409 e. The van der Waals surface area contributed by atoms with Crippen LogP contribution in [-0.4, -0.2) is 19.0 Å². The van der Waals surface area contributed by atoms with Crippen molar-refractivity contribution in [2.45, 2.75) is 0 Å². The number of amides is 2. The summed E-state index contributed by atoms with van der Waals surface area (Å²) in [6.45, 7) is 0. The van der Waals surface area contributed by atoms with Crippen LogP contribution in [0.1, 0.15) is 10.4 Å². The molecule has 3 aromatic carbocycles. The summed E-state index contributed by atoms with van der Waals surface area (Å²) >= 11 is 0. The maximum absolute atomic E-state index is 12.6. The molecule has 0 heterocycles. The Kier molecular flexibility index (Phi) is 4.43. The molecule has 0 aliphatic carbocycles. The normalized spacial score (nSPS) is 10.2. The van der Waals surface area contributed by atoms with Gasteiger partial charge in [0.1, 0.15) is 5.75 Å². The number of carbonyl (C=O) groups excluding carboxylic acids is 2. The fourth-order valence-electron chi connectivity index (χ4n) is 2.35. The second kappa shape index (κ2) is 6.83. The molecule has 2 N–H and O–H groups in total. The number of nitrogens with one attached hydrogen (secondary N) is 2. The zero-order valence-electron chi connectivity index (χ0n) is 13.1. The van der Waals surface area contributed by atoms with Crippen molar-refractivity contribution < 1.29 is 14.3 Å². The molecular formula is C19H16N2O3. The van der Waals surface area contributed by atoms with E-state index in [1.165, 1.54) is 7.05 Å². The molecule has 5 nitrogen and oxygen atoms in total. The van der Waals surface area contributed by atoms with Crippen molar-refractivity contribution in [1.82, 2.24) is 5.32 Å². The quantitative estimate of drug-likeness (QED) is 0.771. The molecule has 0 saturated heterocycles. The molecule has 3 rings (SSSR count). The first kappa shape index (κ1) is 15.6. The zero-order chi connectivity index (χ0) is 16.9. The number of anilines is 1. The third-order valence-corrected chi connectivity index (χ3v) is 3.53. The molecule has 3 aromatic rings. The minimum atomic E-state index is -0.626. The van der Waals surface area contributed by atoms with E-state index in [-0.39, 0.29) is 11.7 Å². The summed E-state index contributed by atoms with van der Waals surface area (Å²) in [5, 5.41) is 6.96. The standard InChI is InChI=1S/C19H16N2O3/c1-20-19(23)24-17-12-14-8-6-5-7-13(14)11-16(17)18(22)21-15-9-3-2-4-10-15/h2-12H,1H3,(H,20,23)(H,21,22). The van der Waals surface area contributed by atoms with Crippen LogP contribution in [0.15, 0.2) is 66.7 Å². The lowest BCUT2D eigenvalue weighted by Crippen LogP contribution is -2.24. The summed E-state index contributed by atoms with van der Waals surface area (Å²) in [6.07, 6.45) is -0.626. The summed E-state index contributed by atoms with van der Waals surface area (Å²) in [6, 6.07) is 20.1. The Morgan fingerprint density at radius 3 is 2.17 bits per heavy atom. The number of para-hydroxylation sites is 1. The van der Waals surface area contributed by atoms with E-state index in [4.69, 9.17) is 4.74 Å². The van der Waals surface area contributed by atoms with Gasteiger partial charge in [-0.2, -0.15) is 0 Å². The number of hydrogen-bond acceptors (Lipinski definition) is 3. The number of rotatable bonds is 3. The summed E-state index contributed by atoms with van der Waals surface area (Å²) in [4.78, 5) is 24.2. The zero-order valence-corrected chi connectivity index (χ0v) is 13.1. The highest BCUT2D eigenvalue weighted by atomic mass is 16.6. The molecule has 24 heavy (non-hydrogen) atoms. The van der Waals surface area contributed by atoms with Gasteiger partial charge in [-0.1, -0.05) is 42.5 Å². The van der Waals surface area contributed by atoms with E-state index in [0.717, 1.165) is 10.8 Å². The van der Waals surface area contributed by atoms with Crippen LogP contribution in [0.25, 0.3) is 10.8 Å². The molecule has 0 saturated carbocycles. The topological polar surface area (TPSA) is 67.4 Å².